The highest BCUT2D eigenvalue weighted by Gasteiger charge is 2.21. The summed E-state index contributed by atoms with van der Waals surface area (Å²) >= 11 is 1.78. The highest BCUT2D eigenvalue weighted by atomic mass is 32.1. The van der Waals surface area contributed by atoms with Crippen molar-refractivity contribution in [1.82, 2.24) is 14.9 Å². The zero-order valence-electron chi connectivity index (χ0n) is 15.6. The van der Waals surface area contributed by atoms with E-state index in [-0.39, 0.29) is 0 Å². The molecule has 0 atom stereocenters. The largest absolute Gasteiger partial charge is 0.468 e. The average molecular weight is 395 g/mol. The Morgan fingerprint density at radius 3 is 2.36 bits per heavy atom. The highest BCUT2D eigenvalue weighted by molar-refractivity contribution is 7.19. The molecule has 1 aliphatic rings. The first-order chi connectivity index (χ1) is 13.8. The Kier molecular flexibility index (Phi) is 4.62. The minimum absolute atomic E-state index is 0.574. The molecular weight excluding hydrogens is 372 g/mol. The Balaban J connectivity index is 1.45. The van der Waals surface area contributed by atoms with Crippen molar-refractivity contribution in [3.05, 3.63) is 64.6 Å². The van der Waals surface area contributed by atoms with Crippen LogP contribution in [-0.4, -0.2) is 14.9 Å². The van der Waals surface area contributed by atoms with Crippen LogP contribution >= 0.6 is 11.3 Å². The van der Waals surface area contributed by atoms with Crippen LogP contribution < -0.4 is 5.73 Å². The fraction of sp³-hybridized carbons (Fsp3) is 0.333. The molecule has 0 amide bonds. The van der Waals surface area contributed by atoms with Crippen LogP contribution in [0.15, 0.2) is 45.6 Å². The number of nitrogens with zero attached hydrogens (tertiary/aromatic N) is 3. The van der Waals surface area contributed by atoms with Gasteiger partial charge in [-0.3, -0.25) is 4.90 Å². The van der Waals surface area contributed by atoms with E-state index in [0.717, 1.165) is 40.4 Å². The van der Waals surface area contributed by atoms with E-state index in [9.17, 15) is 0 Å². The molecule has 1 aliphatic carbocycles. The van der Waals surface area contributed by atoms with Gasteiger partial charge in [-0.15, -0.1) is 11.3 Å². The lowest BCUT2D eigenvalue weighted by molar-refractivity contribution is 0.205. The Morgan fingerprint density at radius 1 is 0.964 bits per heavy atom. The lowest BCUT2D eigenvalue weighted by atomic mass is 9.97. The molecule has 4 aromatic rings. The van der Waals surface area contributed by atoms with E-state index in [1.165, 1.54) is 23.3 Å². The number of rotatable bonds is 6. The minimum Gasteiger partial charge on any atom is -0.468 e. The maximum Gasteiger partial charge on any atom is 0.146 e. The molecule has 4 aromatic heterocycles. The summed E-state index contributed by atoms with van der Waals surface area (Å²) in [5.41, 5.74) is 7.75. The molecule has 7 heteroatoms. The van der Waals surface area contributed by atoms with Crippen molar-refractivity contribution in [2.75, 3.05) is 5.73 Å². The van der Waals surface area contributed by atoms with Crippen molar-refractivity contribution >= 4 is 27.4 Å². The third-order valence-electron chi connectivity index (χ3n) is 5.17. The molecule has 28 heavy (non-hydrogen) atoms. The molecular formula is C21H22N4O2S. The van der Waals surface area contributed by atoms with E-state index in [4.69, 9.17) is 19.6 Å². The van der Waals surface area contributed by atoms with E-state index >= 15 is 0 Å². The van der Waals surface area contributed by atoms with E-state index in [1.807, 2.05) is 24.3 Å². The molecule has 2 N–H and O–H groups in total. The molecule has 6 nitrogen and oxygen atoms in total. The molecule has 0 spiro atoms. The molecule has 0 saturated carbocycles. The number of nitrogens with two attached hydrogens (primary N) is 1. The molecule has 5 rings (SSSR count). The van der Waals surface area contributed by atoms with Gasteiger partial charge >= 0.3 is 0 Å². The number of furan rings is 2. The van der Waals surface area contributed by atoms with Gasteiger partial charge in [0.05, 0.1) is 37.5 Å². The van der Waals surface area contributed by atoms with Crippen molar-refractivity contribution in [3.63, 3.8) is 0 Å². The van der Waals surface area contributed by atoms with E-state index in [2.05, 4.69) is 9.88 Å². The van der Waals surface area contributed by atoms with Gasteiger partial charge in [0.15, 0.2) is 0 Å². The Bertz CT molecular complexity index is 1030. The summed E-state index contributed by atoms with van der Waals surface area (Å²) in [6.45, 7) is 1.87. The SMILES string of the molecule is Nc1nc(CN(Cc2ccco2)Cc2ccco2)nc2sc3c(c12)CCCC3. The zero-order chi connectivity index (χ0) is 18.9. The van der Waals surface area contributed by atoms with Crippen molar-refractivity contribution < 1.29 is 8.83 Å². The van der Waals surface area contributed by atoms with Gasteiger partial charge < -0.3 is 14.6 Å². The Hall–Kier alpha value is -2.64. The number of nitrogen functional groups attached to an aromatic ring is 1. The summed E-state index contributed by atoms with van der Waals surface area (Å²) in [5.74, 6) is 3.14. The van der Waals surface area contributed by atoms with Crippen molar-refractivity contribution in [2.24, 2.45) is 0 Å². The molecule has 0 saturated heterocycles. The number of hydrogen-bond acceptors (Lipinski definition) is 7. The van der Waals surface area contributed by atoms with E-state index < -0.39 is 0 Å². The first-order valence-corrected chi connectivity index (χ1v) is 10.4. The lowest BCUT2D eigenvalue weighted by Gasteiger charge is -2.19. The molecule has 0 aromatic carbocycles. The van der Waals surface area contributed by atoms with E-state index in [1.54, 1.807) is 23.9 Å². The third-order valence-corrected chi connectivity index (χ3v) is 6.36. The number of aromatic nitrogens is 2. The third kappa shape index (κ3) is 3.43. The van der Waals surface area contributed by atoms with Crippen molar-refractivity contribution in [2.45, 2.75) is 45.3 Å². The summed E-state index contributed by atoms with van der Waals surface area (Å²) in [6.07, 6.45) is 8.08. The van der Waals surface area contributed by atoms with Gasteiger partial charge in [-0.1, -0.05) is 0 Å². The summed E-state index contributed by atoms with van der Waals surface area (Å²) in [6, 6.07) is 7.75. The van der Waals surface area contributed by atoms with Gasteiger partial charge in [-0.2, -0.15) is 0 Å². The first-order valence-electron chi connectivity index (χ1n) is 9.60. The average Bonchev–Trinajstić information content (AvgIpc) is 3.41. The summed E-state index contributed by atoms with van der Waals surface area (Å²) in [4.78, 5) is 14.2. The topological polar surface area (TPSA) is 81.3 Å². The molecule has 0 radical (unpaired) electrons. The van der Waals surface area contributed by atoms with Gasteiger partial charge in [0.25, 0.3) is 0 Å². The smallest absolute Gasteiger partial charge is 0.146 e. The maximum atomic E-state index is 6.37. The predicted molar refractivity (Wildman–Crippen MR) is 109 cm³/mol. The maximum absolute atomic E-state index is 6.37. The Labute approximate surface area is 167 Å². The number of anilines is 1. The zero-order valence-corrected chi connectivity index (χ0v) is 16.4. The van der Waals surface area contributed by atoms with Crippen LogP contribution in [-0.2, 0) is 32.5 Å². The van der Waals surface area contributed by atoms with Crippen LogP contribution in [0.1, 0.15) is 40.6 Å². The lowest BCUT2D eigenvalue weighted by Crippen LogP contribution is -2.23. The van der Waals surface area contributed by atoms with Crippen LogP contribution in [0.5, 0.6) is 0 Å². The van der Waals surface area contributed by atoms with Gasteiger partial charge in [0.1, 0.15) is 28.0 Å². The van der Waals surface area contributed by atoms with Crippen LogP contribution in [0.3, 0.4) is 0 Å². The molecule has 0 bridgehead atoms. The highest BCUT2D eigenvalue weighted by Crippen LogP contribution is 2.37. The number of fused-ring (bicyclic) bond motifs is 3. The first kappa shape index (κ1) is 17.5. The molecule has 4 heterocycles. The second-order valence-corrected chi connectivity index (χ2v) is 8.30. The molecule has 0 aliphatic heterocycles. The minimum atomic E-state index is 0.574. The monoisotopic (exact) mass is 394 g/mol. The van der Waals surface area contributed by atoms with Crippen LogP contribution in [0.4, 0.5) is 5.82 Å². The van der Waals surface area contributed by atoms with Crippen molar-refractivity contribution in [1.29, 1.82) is 0 Å². The molecule has 0 fully saturated rings. The fourth-order valence-electron chi connectivity index (χ4n) is 3.92. The van der Waals surface area contributed by atoms with Gasteiger partial charge in [0, 0.05) is 4.88 Å². The quantitative estimate of drug-likeness (QED) is 0.517. The normalized spacial score (nSPS) is 14.0. The fourth-order valence-corrected chi connectivity index (χ4v) is 5.20. The standard InChI is InChI=1S/C21H22N4O2S/c22-20-19-16-7-1-2-8-17(16)28-21(19)24-18(23-20)13-25(11-14-5-3-9-26-14)12-15-6-4-10-27-15/h3-6,9-10H,1-2,7-8,11-13H2,(H2,22,23,24). The van der Waals surface area contributed by atoms with Gasteiger partial charge in [-0.25, -0.2) is 9.97 Å². The van der Waals surface area contributed by atoms with Crippen molar-refractivity contribution in [3.8, 4) is 0 Å². The molecule has 144 valence electrons. The van der Waals surface area contributed by atoms with Gasteiger partial charge in [-0.05, 0) is 55.5 Å². The van der Waals surface area contributed by atoms with Crippen LogP contribution in [0, 0.1) is 0 Å². The second-order valence-electron chi connectivity index (χ2n) is 7.22. The summed E-state index contributed by atoms with van der Waals surface area (Å²) < 4.78 is 11.1. The number of thiophene rings is 1. The molecule has 0 unspecified atom stereocenters. The number of hydrogen-bond donors (Lipinski definition) is 1. The van der Waals surface area contributed by atoms with Crippen LogP contribution in [0.2, 0.25) is 0 Å². The van der Waals surface area contributed by atoms with E-state index in [0.29, 0.717) is 25.5 Å². The second kappa shape index (κ2) is 7.41. The number of aryl methyl sites for hydroxylation is 2. The predicted octanol–water partition coefficient (Wildman–Crippen LogP) is 4.54. The Morgan fingerprint density at radius 2 is 1.68 bits per heavy atom. The summed E-state index contributed by atoms with van der Waals surface area (Å²) in [7, 11) is 0. The van der Waals surface area contributed by atoms with Crippen LogP contribution in [0.25, 0.3) is 10.2 Å². The van der Waals surface area contributed by atoms with Gasteiger partial charge in [0.2, 0.25) is 0 Å². The summed E-state index contributed by atoms with van der Waals surface area (Å²) in [5, 5.41) is 1.08.